The van der Waals surface area contributed by atoms with Gasteiger partial charge in [-0.3, -0.25) is 0 Å². The molecule has 0 bridgehead atoms. The minimum Gasteiger partial charge on any atom is -0.454 e. The van der Waals surface area contributed by atoms with E-state index in [0.29, 0.717) is 12.3 Å². The molecule has 0 amide bonds. The van der Waals surface area contributed by atoms with E-state index in [4.69, 9.17) is 9.47 Å². The van der Waals surface area contributed by atoms with E-state index in [9.17, 15) is 5.11 Å². The van der Waals surface area contributed by atoms with Crippen LogP contribution in [0.5, 0.6) is 11.5 Å². The van der Waals surface area contributed by atoms with Gasteiger partial charge < -0.3 is 19.9 Å². The Morgan fingerprint density at radius 1 is 1.05 bits per heavy atom. The van der Waals surface area contributed by atoms with E-state index in [1.807, 2.05) is 36.4 Å². The smallest absolute Gasteiger partial charge is 0.231 e. The molecule has 0 aromatic heterocycles. The summed E-state index contributed by atoms with van der Waals surface area (Å²) in [6.45, 7) is 2.82. The van der Waals surface area contributed by atoms with Crippen LogP contribution in [0.25, 0.3) is 0 Å². The van der Waals surface area contributed by atoms with Gasteiger partial charge in [-0.1, -0.05) is 36.4 Å². The van der Waals surface area contributed by atoms with Gasteiger partial charge in [-0.25, -0.2) is 0 Å². The van der Waals surface area contributed by atoms with Crippen LogP contribution < -0.4 is 14.8 Å². The molecule has 4 nitrogen and oxygen atoms in total. The highest BCUT2D eigenvalue weighted by atomic mass is 16.7. The van der Waals surface area contributed by atoms with Crippen molar-refractivity contribution in [2.24, 2.45) is 0 Å². The monoisotopic (exact) mass is 285 g/mol. The third kappa shape index (κ3) is 3.17. The second-order valence-corrected chi connectivity index (χ2v) is 5.17. The first-order chi connectivity index (χ1) is 10.2. The number of aliphatic hydroxyl groups excluding tert-OH is 1. The molecule has 110 valence electrons. The zero-order valence-electron chi connectivity index (χ0n) is 12.0. The normalized spacial score (nSPS) is 15.7. The highest BCUT2D eigenvalue weighted by Gasteiger charge is 2.17. The van der Waals surface area contributed by atoms with Gasteiger partial charge in [0, 0.05) is 12.6 Å². The number of ether oxygens (including phenoxy) is 2. The van der Waals surface area contributed by atoms with Crippen LogP contribution in [0.4, 0.5) is 0 Å². The van der Waals surface area contributed by atoms with Gasteiger partial charge >= 0.3 is 0 Å². The summed E-state index contributed by atoms with van der Waals surface area (Å²) < 4.78 is 10.6. The van der Waals surface area contributed by atoms with Crippen molar-refractivity contribution in [2.75, 3.05) is 13.3 Å². The van der Waals surface area contributed by atoms with Crippen molar-refractivity contribution in [1.29, 1.82) is 0 Å². The fourth-order valence-corrected chi connectivity index (χ4v) is 2.39. The maximum atomic E-state index is 10.3. The predicted molar refractivity (Wildman–Crippen MR) is 80.4 cm³/mol. The molecule has 1 aliphatic heterocycles. The molecule has 1 heterocycles. The average Bonchev–Trinajstić information content (AvgIpc) is 3.00. The van der Waals surface area contributed by atoms with E-state index in [-0.39, 0.29) is 12.8 Å². The topological polar surface area (TPSA) is 50.7 Å². The summed E-state index contributed by atoms with van der Waals surface area (Å²) in [5.41, 5.74) is 2.03. The second kappa shape index (κ2) is 6.16. The molecule has 1 aliphatic rings. The van der Waals surface area contributed by atoms with Gasteiger partial charge in [-0.05, 0) is 30.2 Å². The standard InChI is InChI=1S/C17H19NO3/c1-12(13-5-3-2-4-6-13)18-10-15(19)14-7-8-16-17(9-14)21-11-20-16/h2-9,12,15,18-19H,10-11H2,1H3/t12-,15+/m0/s1. The molecule has 0 saturated carbocycles. The number of hydrogen-bond donors (Lipinski definition) is 2. The minimum atomic E-state index is -0.578. The van der Waals surface area contributed by atoms with Crippen LogP contribution in [0.2, 0.25) is 0 Å². The van der Waals surface area contributed by atoms with Crippen molar-refractivity contribution in [3.63, 3.8) is 0 Å². The molecule has 3 rings (SSSR count). The quantitative estimate of drug-likeness (QED) is 0.887. The molecule has 2 aromatic carbocycles. The first-order valence-corrected chi connectivity index (χ1v) is 7.10. The van der Waals surface area contributed by atoms with Crippen molar-refractivity contribution in [3.05, 3.63) is 59.7 Å². The second-order valence-electron chi connectivity index (χ2n) is 5.17. The van der Waals surface area contributed by atoms with Crippen molar-refractivity contribution in [3.8, 4) is 11.5 Å². The highest BCUT2D eigenvalue weighted by Crippen LogP contribution is 2.34. The molecule has 0 spiro atoms. The number of nitrogens with one attached hydrogen (secondary N) is 1. The van der Waals surface area contributed by atoms with Gasteiger partial charge in [0.05, 0.1) is 6.10 Å². The molecule has 2 N–H and O–H groups in total. The first kappa shape index (κ1) is 13.9. The van der Waals surface area contributed by atoms with E-state index in [1.165, 1.54) is 5.56 Å². The molecule has 0 radical (unpaired) electrons. The van der Waals surface area contributed by atoms with E-state index in [0.717, 1.165) is 11.3 Å². The Hall–Kier alpha value is -2.04. The number of hydrogen-bond acceptors (Lipinski definition) is 4. The highest BCUT2D eigenvalue weighted by molar-refractivity contribution is 5.45. The lowest BCUT2D eigenvalue weighted by Crippen LogP contribution is -2.24. The Labute approximate surface area is 124 Å². The van der Waals surface area contributed by atoms with Gasteiger partial charge in [0.15, 0.2) is 11.5 Å². The molecule has 0 aliphatic carbocycles. The summed E-state index contributed by atoms with van der Waals surface area (Å²) in [6.07, 6.45) is -0.578. The predicted octanol–water partition coefficient (Wildman–Crippen LogP) is 2.80. The Morgan fingerprint density at radius 3 is 2.62 bits per heavy atom. The van der Waals surface area contributed by atoms with E-state index < -0.39 is 6.10 Å². The largest absolute Gasteiger partial charge is 0.454 e. The maximum Gasteiger partial charge on any atom is 0.231 e. The van der Waals surface area contributed by atoms with Gasteiger partial charge in [-0.2, -0.15) is 0 Å². The summed E-state index contributed by atoms with van der Waals surface area (Å²) in [7, 11) is 0. The van der Waals surface area contributed by atoms with E-state index in [1.54, 1.807) is 0 Å². The zero-order valence-corrected chi connectivity index (χ0v) is 12.0. The number of rotatable bonds is 5. The van der Waals surface area contributed by atoms with Crippen LogP contribution in [0.1, 0.15) is 30.2 Å². The molecule has 0 unspecified atom stereocenters. The van der Waals surface area contributed by atoms with Gasteiger partial charge in [0.2, 0.25) is 6.79 Å². The Morgan fingerprint density at radius 2 is 1.81 bits per heavy atom. The number of fused-ring (bicyclic) bond motifs is 1. The van der Waals surface area contributed by atoms with Crippen LogP contribution in [-0.2, 0) is 0 Å². The van der Waals surface area contributed by atoms with Crippen molar-refractivity contribution in [2.45, 2.75) is 19.1 Å². The van der Waals surface area contributed by atoms with Crippen molar-refractivity contribution in [1.82, 2.24) is 5.32 Å². The van der Waals surface area contributed by atoms with Gasteiger partial charge in [-0.15, -0.1) is 0 Å². The molecule has 4 heteroatoms. The third-order valence-corrected chi connectivity index (χ3v) is 3.70. The fourth-order valence-electron chi connectivity index (χ4n) is 2.39. The Kier molecular flexibility index (Phi) is 4.08. The van der Waals surface area contributed by atoms with Crippen LogP contribution in [0.3, 0.4) is 0 Å². The Bertz CT molecular complexity index is 600. The lowest BCUT2D eigenvalue weighted by molar-refractivity contribution is 0.168. The molecular formula is C17H19NO3. The summed E-state index contributed by atoms with van der Waals surface area (Å²) in [4.78, 5) is 0. The SMILES string of the molecule is C[C@H](NC[C@@H](O)c1ccc2c(c1)OCO2)c1ccccc1. The van der Waals surface area contributed by atoms with Crippen molar-refractivity contribution >= 4 is 0 Å². The third-order valence-electron chi connectivity index (χ3n) is 3.70. The minimum absolute atomic E-state index is 0.190. The van der Waals surface area contributed by atoms with Gasteiger partial charge in [0.25, 0.3) is 0 Å². The van der Waals surface area contributed by atoms with Crippen LogP contribution in [0, 0.1) is 0 Å². The lowest BCUT2D eigenvalue weighted by atomic mass is 10.1. The molecule has 2 aromatic rings. The zero-order chi connectivity index (χ0) is 14.7. The van der Waals surface area contributed by atoms with Crippen LogP contribution in [-0.4, -0.2) is 18.4 Å². The molecule has 21 heavy (non-hydrogen) atoms. The Balaban J connectivity index is 1.60. The summed E-state index contributed by atoms with van der Waals surface area (Å²) in [5, 5.41) is 13.6. The van der Waals surface area contributed by atoms with E-state index in [2.05, 4.69) is 24.4 Å². The van der Waals surface area contributed by atoms with E-state index >= 15 is 0 Å². The van der Waals surface area contributed by atoms with Crippen LogP contribution >= 0.6 is 0 Å². The molecule has 0 saturated heterocycles. The number of aliphatic hydroxyl groups is 1. The average molecular weight is 285 g/mol. The lowest BCUT2D eigenvalue weighted by Gasteiger charge is -2.18. The maximum absolute atomic E-state index is 10.3. The first-order valence-electron chi connectivity index (χ1n) is 7.10. The molecule has 0 fully saturated rings. The summed E-state index contributed by atoms with van der Waals surface area (Å²) >= 11 is 0. The summed E-state index contributed by atoms with van der Waals surface area (Å²) in [5.74, 6) is 1.43. The molecule has 2 atom stereocenters. The number of benzene rings is 2. The fraction of sp³-hybridized carbons (Fsp3) is 0.294. The summed E-state index contributed by atoms with van der Waals surface area (Å²) in [6, 6.07) is 15.9. The van der Waals surface area contributed by atoms with Crippen molar-refractivity contribution < 1.29 is 14.6 Å². The van der Waals surface area contributed by atoms with Gasteiger partial charge in [0.1, 0.15) is 0 Å². The van der Waals surface area contributed by atoms with Crippen LogP contribution in [0.15, 0.2) is 48.5 Å². The molecular weight excluding hydrogens is 266 g/mol.